The minimum Gasteiger partial charge on any atom is -0.370 e. The number of morpholine rings is 1. The van der Waals surface area contributed by atoms with Crippen LogP contribution >= 0.6 is 22.9 Å². The second-order valence-corrected chi connectivity index (χ2v) is 7.65. The minimum absolute atomic E-state index is 0.0746. The Bertz CT molecular complexity index is 853. The SMILES string of the molecule is CC(NC(=O)c1ccc(Cl)s1)C(=O)Nc1ccc(N2CCOCC2=O)cc1. The van der Waals surface area contributed by atoms with Crippen LogP contribution in [0.25, 0.3) is 0 Å². The van der Waals surface area contributed by atoms with Crippen molar-refractivity contribution in [1.29, 1.82) is 0 Å². The van der Waals surface area contributed by atoms with Crippen LogP contribution in [0.4, 0.5) is 11.4 Å². The third-order valence-corrected chi connectivity index (χ3v) is 5.20. The number of amides is 3. The number of ether oxygens (including phenoxy) is 1. The summed E-state index contributed by atoms with van der Waals surface area (Å²) in [4.78, 5) is 38.3. The first-order chi connectivity index (χ1) is 12.9. The molecule has 1 atom stereocenters. The molecule has 1 aliphatic heterocycles. The summed E-state index contributed by atoms with van der Waals surface area (Å²) in [6.45, 7) is 2.67. The van der Waals surface area contributed by atoms with Gasteiger partial charge in [0.2, 0.25) is 5.91 Å². The summed E-state index contributed by atoms with van der Waals surface area (Å²) in [6, 6.07) is 9.46. The molecule has 9 heteroatoms. The van der Waals surface area contributed by atoms with E-state index in [9.17, 15) is 14.4 Å². The van der Waals surface area contributed by atoms with Crippen LogP contribution in [-0.2, 0) is 14.3 Å². The van der Waals surface area contributed by atoms with Crippen molar-refractivity contribution in [2.45, 2.75) is 13.0 Å². The summed E-state index contributed by atoms with van der Waals surface area (Å²) in [6.07, 6.45) is 0. The van der Waals surface area contributed by atoms with Crippen molar-refractivity contribution in [1.82, 2.24) is 5.32 Å². The predicted octanol–water partition coefficient (Wildman–Crippen LogP) is 2.52. The molecule has 2 N–H and O–H groups in total. The van der Waals surface area contributed by atoms with Crippen molar-refractivity contribution in [3.63, 3.8) is 0 Å². The summed E-state index contributed by atoms with van der Waals surface area (Å²) in [5.74, 6) is -0.792. The molecule has 1 aromatic heterocycles. The molecule has 27 heavy (non-hydrogen) atoms. The Labute approximate surface area is 165 Å². The van der Waals surface area contributed by atoms with Crippen molar-refractivity contribution in [3.8, 4) is 0 Å². The lowest BCUT2D eigenvalue weighted by molar-refractivity contribution is -0.125. The fourth-order valence-electron chi connectivity index (χ4n) is 2.54. The van der Waals surface area contributed by atoms with E-state index in [0.29, 0.717) is 28.1 Å². The average Bonchev–Trinajstić information content (AvgIpc) is 3.09. The van der Waals surface area contributed by atoms with Crippen LogP contribution in [0.1, 0.15) is 16.6 Å². The highest BCUT2D eigenvalue weighted by Crippen LogP contribution is 2.22. The van der Waals surface area contributed by atoms with Gasteiger partial charge in [-0.05, 0) is 43.3 Å². The molecule has 0 radical (unpaired) electrons. The molecule has 2 aromatic rings. The highest BCUT2D eigenvalue weighted by molar-refractivity contribution is 7.18. The fraction of sp³-hybridized carbons (Fsp3) is 0.278. The van der Waals surface area contributed by atoms with Gasteiger partial charge in [-0.3, -0.25) is 14.4 Å². The molecule has 3 amide bonds. The summed E-state index contributed by atoms with van der Waals surface area (Å²) in [5.41, 5.74) is 1.32. The molecule has 0 bridgehead atoms. The Hall–Kier alpha value is -2.42. The van der Waals surface area contributed by atoms with Gasteiger partial charge in [-0.25, -0.2) is 0 Å². The zero-order valence-corrected chi connectivity index (χ0v) is 16.1. The van der Waals surface area contributed by atoms with Crippen LogP contribution in [0.5, 0.6) is 0 Å². The lowest BCUT2D eigenvalue weighted by Gasteiger charge is -2.27. The predicted molar refractivity (Wildman–Crippen MR) is 105 cm³/mol. The van der Waals surface area contributed by atoms with Crippen molar-refractivity contribution in [2.24, 2.45) is 0 Å². The summed E-state index contributed by atoms with van der Waals surface area (Å²) in [5, 5.41) is 5.37. The summed E-state index contributed by atoms with van der Waals surface area (Å²) < 4.78 is 5.62. The number of carbonyl (C=O) groups is 3. The van der Waals surface area contributed by atoms with Gasteiger partial charge in [-0.1, -0.05) is 11.6 Å². The van der Waals surface area contributed by atoms with Crippen LogP contribution in [0.2, 0.25) is 4.34 Å². The molecule has 2 heterocycles. The molecule has 1 aromatic carbocycles. The van der Waals surface area contributed by atoms with Gasteiger partial charge < -0.3 is 20.3 Å². The van der Waals surface area contributed by atoms with Crippen LogP contribution in [-0.4, -0.2) is 43.5 Å². The molecule has 1 fully saturated rings. The van der Waals surface area contributed by atoms with Gasteiger partial charge in [0.1, 0.15) is 12.6 Å². The standard InChI is InChI=1S/C18H18ClN3O4S/c1-11(20-18(25)14-6-7-15(19)27-14)17(24)21-12-2-4-13(5-3-12)22-8-9-26-10-16(22)23/h2-7,11H,8-10H2,1H3,(H,20,25)(H,21,24). The van der Waals surface area contributed by atoms with Crippen LogP contribution < -0.4 is 15.5 Å². The fourth-order valence-corrected chi connectivity index (χ4v) is 3.48. The maximum Gasteiger partial charge on any atom is 0.262 e. The molecule has 3 rings (SSSR count). The normalized spacial score (nSPS) is 15.3. The Morgan fingerprint density at radius 3 is 2.59 bits per heavy atom. The molecular formula is C18H18ClN3O4S. The van der Waals surface area contributed by atoms with E-state index < -0.39 is 6.04 Å². The van der Waals surface area contributed by atoms with Gasteiger partial charge in [0.05, 0.1) is 15.8 Å². The number of anilines is 2. The monoisotopic (exact) mass is 407 g/mol. The smallest absolute Gasteiger partial charge is 0.262 e. The van der Waals surface area contributed by atoms with E-state index in [1.165, 1.54) is 0 Å². The third kappa shape index (κ3) is 4.85. The topological polar surface area (TPSA) is 87.7 Å². The third-order valence-electron chi connectivity index (χ3n) is 3.97. The maximum atomic E-state index is 12.3. The lowest BCUT2D eigenvalue weighted by atomic mass is 10.2. The summed E-state index contributed by atoms with van der Waals surface area (Å²) in [7, 11) is 0. The molecule has 0 saturated carbocycles. The van der Waals surface area contributed by atoms with Gasteiger partial charge in [0.15, 0.2) is 0 Å². The first kappa shape index (κ1) is 19.3. The quantitative estimate of drug-likeness (QED) is 0.797. The number of hydrogen-bond acceptors (Lipinski definition) is 5. The van der Waals surface area contributed by atoms with E-state index in [0.717, 1.165) is 17.0 Å². The van der Waals surface area contributed by atoms with E-state index in [-0.39, 0.29) is 24.3 Å². The van der Waals surface area contributed by atoms with Gasteiger partial charge in [-0.2, -0.15) is 0 Å². The van der Waals surface area contributed by atoms with Crippen LogP contribution in [0.15, 0.2) is 36.4 Å². The number of carbonyl (C=O) groups excluding carboxylic acids is 3. The van der Waals surface area contributed by atoms with E-state index in [1.807, 2.05) is 0 Å². The van der Waals surface area contributed by atoms with Crippen molar-refractivity contribution in [2.75, 3.05) is 30.0 Å². The average molecular weight is 408 g/mol. The zero-order chi connectivity index (χ0) is 19.4. The number of nitrogens with zero attached hydrogens (tertiary/aromatic N) is 1. The largest absolute Gasteiger partial charge is 0.370 e. The Balaban J connectivity index is 1.57. The zero-order valence-electron chi connectivity index (χ0n) is 14.5. The Morgan fingerprint density at radius 2 is 1.96 bits per heavy atom. The van der Waals surface area contributed by atoms with E-state index in [2.05, 4.69) is 10.6 Å². The molecule has 1 aliphatic rings. The Kier molecular flexibility index (Phi) is 6.10. The first-order valence-corrected chi connectivity index (χ1v) is 9.49. The molecule has 142 valence electrons. The van der Waals surface area contributed by atoms with Crippen molar-refractivity contribution in [3.05, 3.63) is 45.6 Å². The number of rotatable bonds is 5. The van der Waals surface area contributed by atoms with Crippen molar-refractivity contribution >= 4 is 52.0 Å². The molecular weight excluding hydrogens is 390 g/mol. The van der Waals surface area contributed by atoms with Gasteiger partial charge in [0.25, 0.3) is 11.8 Å². The van der Waals surface area contributed by atoms with Gasteiger partial charge >= 0.3 is 0 Å². The molecule has 0 aliphatic carbocycles. The number of thiophene rings is 1. The maximum absolute atomic E-state index is 12.3. The van der Waals surface area contributed by atoms with E-state index in [4.69, 9.17) is 16.3 Å². The number of halogens is 1. The van der Waals surface area contributed by atoms with Gasteiger partial charge in [-0.15, -0.1) is 11.3 Å². The second kappa shape index (κ2) is 8.51. The van der Waals surface area contributed by atoms with Crippen LogP contribution in [0.3, 0.4) is 0 Å². The molecule has 0 spiro atoms. The van der Waals surface area contributed by atoms with Gasteiger partial charge in [0, 0.05) is 17.9 Å². The molecule has 7 nitrogen and oxygen atoms in total. The second-order valence-electron chi connectivity index (χ2n) is 5.93. The molecule has 1 unspecified atom stereocenters. The highest BCUT2D eigenvalue weighted by Gasteiger charge is 2.21. The Morgan fingerprint density at radius 1 is 1.22 bits per heavy atom. The number of hydrogen-bond donors (Lipinski definition) is 2. The highest BCUT2D eigenvalue weighted by atomic mass is 35.5. The summed E-state index contributed by atoms with van der Waals surface area (Å²) >= 11 is 6.97. The van der Waals surface area contributed by atoms with Crippen LogP contribution in [0, 0.1) is 0 Å². The van der Waals surface area contributed by atoms with E-state index in [1.54, 1.807) is 48.2 Å². The van der Waals surface area contributed by atoms with E-state index >= 15 is 0 Å². The first-order valence-electron chi connectivity index (χ1n) is 8.29. The lowest BCUT2D eigenvalue weighted by Crippen LogP contribution is -2.42. The molecule has 1 saturated heterocycles. The number of benzene rings is 1. The number of nitrogens with one attached hydrogen (secondary N) is 2. The van der Waals surface area contributed by atoms with Crippen molar-refractivity contribution < 1.29 is 19.1 Å². The minimum atomic E-state index is -0.723.